The van der Waals surface area contributed by atoms with Crippen LogP contribution in [0.2, 0.25) is 0 Å². The zero-order valence-corrected chi connectivity index (χ0v) is 7.77. The Morgan fingerprint density at radius 3 is 2.55 bits per heavy atom. The third-order valence-electron chi connectivity index (χ3n) is 1.82. The Kier molecular flexibility index (Phi) is 5.63. The van der Waals surface area contributed by atoms with Gasteiger partial charge in [0.25, 0.3) is 0 Å². The van der Waals surface area contributed by atoms with Gasteiger partial charge in [0.2, 0.25) is 0 Å². The van der Waals surface area contributed by atoms with E-state index in [0.717, 1.165) is 12.2 Å². The van der Waals surface area contributed by atoms with Crippen LogP contribution in [0.15, 0.2) is 24.9 Å². The number of allylic oxidation sites excluding steroid dienone is 1. The summed E-state index contributed by atoms with van der Waals surface area (Å²) in [6.45, 7) is 10.8. The molecule has 0 N–H and O–H groups in total. The van der Waals surface area contributed by atoms with Crippen molar-refractivity contribution in [3.63, 3.8) is 0 Å². The van der Waals surface area contributed by atoms with E-state index in [9.17, 15) is 0 Å². The number of nitrogens with zero attached hydrogens (tertiary/aromatic N) is 1. The van der Waals surface area contributed by atoms with Gasteiger partial charge in [-0.05, 0) is 12.5 Å². The summed E-state index contributed by atoms with van der Waals surface area (Å²) in [7, 11) is 2.06. The highest BCUT2D eigenvalue weighted by atomic mass is 15.1. The van der Waals surface area contributed by atoms with Crippen molar-refractivity contribution < 1.29 is 0 Å². The Balaban J connectivity index is 3.43. The molecule has 0 aliphatic carbocycles. The van der Waals surface area contributed by atoms with Gasteiger partial charge in [-0.1, -0.05) is 32.9 Å². The number of hydrogen-bond donors (Lipinski definition) is 0. The Hall–Kier alpha value is -0.720. The van der Waals surface area contributed by atoms with Gasteiger partial charge in [0.05, 0.1) is 0 Å². The summed E-state index contributed by atoms with van der Waals surface area (Å²) in [6.07, 6.45) is 5.62. The molecule has 0 saturated heterocycles. The first-order chi connectivity index (χ1) is 5.22. The number of rotatable bonds is 6. The lowest BCUT2D eigenvalue weighted by molar-refractivity contribution is 0.414. The third-order valence-corrected chi connectivity index (χ3v) is 1.82. The molecule has 1 heteroatoms. The van der Waals surface area contributed by atoms with Crippen LogP contribution < -0.4 is 0 Å². The van der Waals surface area contributed by atoms with Crippen molar-refractivity contribution >= 4 is 0 Å². The lowest BCUT2D eigenvalue weighted by atomic mass is 10.2. The predicted molar refractivity (Wildman–Crippen MR) is 51.5 cm³/mol. The van der Waals surface area contributed by atoms with Crippen LogP contribution in [0.1, 0.15) is 26.2 Å². The molecular weight excluding hydrogens is 134 g/mol. The van der Waals surface area contributed by atoms with E-state index >= 15 is 0 Å². The fraction of sp³-hybridized carbons (Fsp3) is 0.600. The van der Waals surface area contributed by atoms with Crippen LogP contribution in [0, 0.1) is 0 Å². The molecule has 0 atom stereocenters. The highest BCUT2D eigenvalue weighted by Crippen LogP contribution is 2.02. The topological polar surface area (TPSA) is 3.24 Å². The Bertz CT molecular complexity index is 127. The van der Waals surface area contributed by atoms with Crippen LogP contribution in [0.3, 0.4) is 0 Å². The highest BCUT2D eigenvalue weighted by molar-refractivity contribution is 5.08. The predicted octanol–water partition coefficient (Wildman–Crippen LogP) is 2.81. The first-order valence-electron chi connectivity index (χ1n) is 4.24. The van der Waals surface area contributed by atoms with E-state index in [4.69, 9.17) is 0 Å². The molecule has 0 aromatic rings. The molecule has 0 saturated carbocycles. The largest absolute Gasteiger partial charge is 0.375 e. The van der Waals surface area contributed by atoms with Gasteiger partial charge >= 0.3 is 0 Å². The maximum Gasteiger partial charge on any atom is 0.0284 e. The Morgan fingerprint density at radius 1 is 1.45 bits per heavy atom. The third kappa shape index (κ3) is 4.65. The quantitative estimate of drug-likeness (QED) is 0.419. The maximum atomic E-state index is 3.86. The molecule has 0 radical (unpaired) electrons. The minimum absolute atomic E-state index is 1.01. The molecule has 64 valence electrons. The number of unbranched alkanes of at least 4 members (excludes halogenated alkanes) is 2. The maximum absolute atomic E-state index is 3.86. The molecule has 0 heterocycles. The Morgan fingerprint density at radius 2 is 2.09 bits per heavy atom. The van der Waals surface area contributed by atoms with Crippen LogP contribution in [-0.2, 0) is 0 Å². The molecule has 1 nitrogen and oxygen atoms in total. The van der Waals surface area contributed by atoms with Crippen molar-refractivity contribution in [2.24, 2.45) is 0 Å². The molecule has 0 aromatic heterocycles. The van der Waals surface area contributed by atoms with E-state index < -0.39 is 0 Å². The van der Waals surface area contributed by atoms with Gasteiger partial charge in [-0.15, -0.1) is 0 Å². The summed E-state index contributed by atoms with van der Waals surface area (Å²) in [4.78, 5) is 2.14. The summed E-state index contributed by atoms with van der Waals surface area (Å²) in [6, 6.07) is 0. The molecule has 0 aliphatic heterocycles. The second-order valence-electron chi connectivity index (χ2n) is 2.82. The highest BCUT2D eigenvalue weighted by Gasteiger charge is 1.95. The summed E-state index contributed by atoms with van der Waals surface area (Å²) in [5, 5.41) is 0. The van der Waals surface area contributed by atoms with Crippen molar-refractivity contribution in [2.45, 2.75) is 26.2 Å². The Labute approximate surface area is 70.4 Å². The van der Waals surface area contributed by atoms with Crippen LogP contribution in [-0.4, -0.2) is 18.5 Å². The summed E-state index contributed by atoms with van der Waals surface area (Å²) in [5.74, 6) is 0. The normalized spacial score (nSPS) is 9.27. The van der Waals surface area contributed by atoms with Gasteiger partial charge in [0.1, 0.15) is 0 Å². The van der Waals surface area contributed by atoms with E-state index in [1.807, 2.05) is 0 Å². The SMILES string of the molecule is C=CC(=C)N(C)CCCCC. The molecule has 0 rings (SSSR count). The minimum atomic E-state index is 1.01. The van der Waals surface area contributed by atoms with Gasteiger partial charge < -0.3 is 4.90 Å². The fourth-order valence-corrected chi connectivity index (χ4v) is 0.898. The zero-order valence-electron chi connectivity index (χ0n) is 7.77. The minimum Gasteiger partial charge on any atom is -0.375 e. The van der Waals surface area contributed by atoms with Gasteiger partial charge in [-0.2, -0.15) is 0 Å². The summed E-state index contributed by atoms with van der Waals surface area (Å²) < 4.78 is 0. The van der Waals surface area contributed by atoms with Crippen molar-refractivity contribution in [3.8, 4) is 0 Å². The summed E-state index contributed by atoms with van der Waals surface area (Å²) in [5.41, 5.74) is 1.01. The lowest BCUT2D eigenvalue weighted by Gasteiger charge is -2.18. The standard InChI is InChI=1S/C10H19N/c1-5-7-8-9-11(4)10(3)6-2/h6H,2-3,5,7-9H2,1,4H3. The van der Waals surface area contributed by atoms with Crippen molar-refractivity contribution in [1.82, 2.24) is 4.90 Å². The zero-order chi connectivity index (χ0) is 8.69. The average Bonchev–Trinajstić information content (AvgIpc) is 2.03. The van der Waals surface area contributed by atoms with Crippen LogP contribution >= 0.6 is 0 Å². The van der Waals surface area contributed by atoms with Gasteiger partial charge in [-0.3, -0.25) is 0 Å². The van der Waals surface area contributed by atoms with Crippen LogP contribution in [0.25, 0.3) is 0 Å². The molecule has 0 aliphatic rings. The van der Waals surface area contributed by atoms with E-state index in [1.165, 1.54) is 19.3 Å². The molecular formula is C10H19N. The lowest BCUT2D eigenvalue weighted by Crippen LogP contribution is -2.16. The van der Waals surface area contributed by atoms with E-state index in [1.54, 1.807) is 6.08 Å². The van der Waals surface area contributed by atoms with E-state index in [-0.39, 0.29) is 0 Å². The average molecular weight is 153 g/mol. The second kappa shape index (κ2) is 6.02. The molecule has 0 unspecified atom stereocenters. The van der Waals surface area contributed by atoms with Gasteiger partial charge in [0.15, 0.2) is 0 Å². The smallest absolute Gasteiger partial charge is 0.0284 e. The molecule has 0 bridgehead atoms. The first kappa shape index (κ1) is 10.3. The number of hydrogen-bond acceptors (Lipinski definition) is 1. The molecule has 0 spiro atoms. The van der Waals surface area contributed by atoms with Crippen molar-refractivity contribution in [2.75, 3.05) is 13.6 Å². The number of likely N-dealkylation sites (N-methyl/N-ethyl adjacent to an activating group) is 1. The van der Waals surface area contributed by atoms with Crippen LogP contribution in [0.4, 0.5) is 0 Å². The van der Waals surface area contributed by atoms with Crippen molar-refractivity contribution in [1.29, 1.82) is 0 Å². The molecule has 0 aromatic carbocycles. The molecule has 11 heavy (non-hydrogen) atoms. The second-order valence-corrected chi connectivity index (χ2v) is 2.82. The van der Waals surface area contributed by atoms with Crippen LogP contribution in [0.5, 0.6) is 0 Å². The monoisotopic (exact) mass is 153 g/mol. The van der Waals surface area contributed by atoms with Crippen molar-refractivity contribution in [3.05, 3.63) is 24.9 Å². The first-order valence-corrected chi connectivity index (χ1v) is 4.24. The van der Waals surface area contributed by atoms with E-state index in [2.05, 4.69) is 32.0 Å². The van der Waals surface area contributed by atoms with Gasteiger partial charge in [0, 0.05) is 19.3 Å². The molecule has 0 amide bonds. The summed E-state index contributed by atoms with van der Waals surface area (Å²) >= 11 is 0. The van der Waals surface area contributed by atoms with Gasteiger partial charge in [-0.25, -0.2) is 0 Å². The fourth-order valence-electron chi connectivity index (χ4n) is 0.898. The van der Waals surface area contributed by atoms with E-state index in [0.29, 0.717) is 0 Å². The molecule has 0 fully saturated rings.